The Morgan fingerprint density at radius 2 is 2.15 bits per heavy atom. The van der Waals surface area contributed by atoms with Gasteiger partial charge in [-0.1, -0.05) is 15.9 Å². The van der Waals surface area contributed by atoms with E-state index < -0.39 is 0 Å². The number of nitrogens with two attached hydrogens (primary N) is 1. The van der Waals surface area contributed by atoms with Crippen LogP contribution in [0.15, 0.2) is 16.6 Å². The second-order valence-electron chi connectivity index (χ2n) is 2.95. The molecular weight excluding hydrogens is 230 g/mol. The van der Waals surface area contributed by atoms with Crippen LogP contribution in [0, 0.1) is 6.92 Å². The molecule has 2 nitrogen and oxygen atoms in total. The van der Waals surface area contributed by atoms with E-state index in [1.165, 1.54) is 5.56 Å². The lowest BCUT2D eigenvalue weighted by atomic mass is 10.1. The number of ether oxygens (including phenoxy) is 1. The molecule has 0 aliphatic heterocycles. The summed E-state index contributed by atoms with van der Waals surface area (Å²) in [6, 6.07) is 4.09. The zero-order chi connectivity index (χ0) is 9.84. The fraction of sp³-hybridized carbons (Fsp3) is 0.400. The van der Waals surface area contributed by atoms with E-state index in [4.69, 9.17) is 10.5 Å². The smallest absolute Gasteiger partial charge is 0.122 e. The van der Waals surface area contributed by atoms with E-state index in [1.807, 2.05) is 13.0 Å². The van der Waals surface area contributed by atoms with Gasteiger partial charge in [-0.25, -0.2) is 0 Å². The van der Waals surface area contributed by atoms with E-state index in [1.54, 1.807) is 7.11 Å². The van der Waals surface area contributed by atoms with Crippen molar-refractivity contribution in [3.05, 3.63) is 27.7 Å². The number of methoxy groups -OCH3 is 1. The van der Waals surface area contributed by atoms with Gasteiger partial charge in [0.2, 0.25) is 0 Å². The van der Waals surface area contributed by atoms with Crippen LogP contribution in [0.2, 0.25) is 0 Å². The Morgan fingerprint density at radius 3 is 2.69 bits per heavy atom. The molecule has 72 valence electrons. The molecule has 2 N–H and O–H groups in total. The predicted molar refractivity (Wildman–Crippen MR) is 58.2 cm³/mol. The maximum atomic E-state index is 5.50. The summed E-state index contributed by atoms with van der Waals surface area (Å²) in [6.45, 7) is 2.68. The van der Waals surface area contributed by atoms with Crippen molar-refractivity contribution >= 4 is 15.9 Å². The first-order valence-electron chi connectivity index (χ1n) is 4.22. The molecular formula is C10H14BrNO. The van der Waals surface area contributed by atoms with E-state index in [9.17, 15) is 0 Å². The monoisotopic (exact) mass is 243 g/mol. The lowest BCUT2D eigenvalue weighted by Crippen LogP contribution is -2.04. The summed E-state index contributed by atoms with van der Waals surface area (Å²) in [7, 11) is 1.68. The van der Waals surface area contributed by atoms with E-state index in [0.29, 0.717) is 6.54 Å². The molecule has 1 rings (SSSR count). The van der Waals surface area contributed by atoms with Crippen LogP contribution in [-0.2, 0) is 6.42 Å². The fourth-order valence-corrected chi connectivity index (χ4v) is 1.92. The number of hydrogen-bond acceptors (Lipinski definition) is 2. The highest BCUT2D eigenvalue weighted by Gasteiger charge is 2.04. The second-order valence-corrected chi connectivity index (χ2v) is 3.81. The minimum Gasteiger partial charge on any atom is -0.496 e. The molecule has 0 aliphatic carbocycles. The Labute approximate surface area is 87.2 Å². The normalized spacial score (nSPS) is 10.2. The number of halogens is 1. The Balaban J connectivity index is 3.06. The number of rotatable bonds is 3. The minimum absolute atomic E-state index is 0.658. The molecule has 0 saturated carbocycles. The van der Waals surface area contributed by atoms with E-state index >= 15 is 0 Å². The SMILES string of the molecule is COc1cc(CCN)c(Br)cc1C. The topological polar surface area (TPSA) is 35.2 Å². The van der Waals surface area contributed by atoms with Crippen molar-refractivity contribution in [2.45, 2.75) is 13.3 Å². The van der Waals surface area contributed by atoms with Gasteiger partial charge in [-0.15, -0.1) is 0 Å². The van der Waals surface area contributed by atoms with Gasteiger partial charge in [0.25, 0.3) is 0 Å². The molecule has 0 fully saturated rings. The quantitative estimate of drug-likeness (QED) is 0.885. The first kappa shape index (κ1) is 10.5. The second kappa shape index (κ2) is 4.63. The lowest BCUT2D eigenvalue weighted by molar-refractivity contribution is 0.411. The number of hydrogen-bond donors (Lipinski definition) is 1. The van der Waals surface area contributed by atoms with Gasteiger partial charge in [0.05, 0.1) is 7.11 Å². The van der Waals surface area contributed by atoms with Gasteiger partial charge in [0, 0.05) is 4.47 Å². The molecule has 0 aromatic heterocycles. The summed E-state index contributed by atoms with van der Waals surface area (Å²) in [5, 5.41) is 0. The third-order valence-corrected chi connectivity index (χ3v) is 2.72. The van der Waals surface area contributed by atoms with Gasteiger partial charge in [-0.05, 0) is 43.1 Å². The average molecular weight is 244 g/mol. The summed E-state index contributed by atoms with van der Waals surface area (Å²) in [5.74, 6) is 0.923. The van der Waals surface area contributed by atoms with Gasteiger partial charge in [-0.3, -0.25) is 0 Å². The zero-order valence-corrected chi connectivity index (χ0v) is 9.52. The first-order chi connectivity index (χ1) is 6.19. The van der Waals surface area contributed by atoms with Crippen LogP contribution in [0.3, 0.4) is 0 Å². The van der Waals surface area contributed by atoms with Crippen LogP contribution in [0.1, 0.15) is 11.1 Å². The number of aryl methyl sites for hydroxylation is 1. The first-order valence-corrected chi connectivity index (χ1v) is 5.01. The molecule has 0 radical (unpaired) electrons. The van der Waals surface area contributed by atoms with Crippen LogP contribution in [-0.4, -0.2) is 13.7 Å². The molecule has 0 heterocycles. The third kappa shape index (κ3) is 2.45. The third-order valence-electron chi connectivity index (χ3n) is 1.98. The maximum Gasteiger partial charge on any atom is 0.122 e. The Morgan fingerprint density at radius 1 is 1.46 bits per heavy atom. The Bertz CT molecular complexity index is 299. The Hall–Kier alpha value is -0.540. The predicted octanol–water partition coefficient (Wildman–Crippen LogP) is 2.27. The van der Waals surface area contributed by atoms with Gasteiger partial charge in [0.1, 0.15) is 5.75 Å². The molecule has 0 saturated heterocycles. The van der Waals surface area contributed by atoms with Crippen LogP contribution < -0.4 is 10.5 Å². The van der Waals surface area contributed by atoms with Crippen molar-refractivity contribution in [3.8, 4) is 5.75 Å². The maximum absolute atomic E-state index is 5.50. The molecule has 0 aliphatic rings. The largest absolute Gasteiger partial charge is 0.496 e. The summed E-state index contributed by atoms with van der Waals surface area (Å²) >= 11 is 3.50. The average Bonchev–Trinajstić information content (AvgIpc) is 2.10. The molecule has 3 heteroatoms. The van der Waals surface area contributed by atoms with Crippen molar-refractivity contribution in [1.82, 2.24) is 0 Å². The van der Waals surface area contributed by atoms with Crippen LogP contribution in [0.5, 0.6) is 5.75 Å². The van der Waals surface area contributed by atoms with Crippen molar-refractivity contribution < 1.29 is 4.74 Å². The van der Waals surface area contributed by atoms with Crippen molar-refractivity contribution in [3.63, 3.8) is 0 Å². The molecule has 0 unspecified atom stereocenters. The van der Waals surface area contributed by atoms with Crippen molar-refractivity contribution in [1.29, 1.82) is 0 Å². The molecule has 0 atom stereocenters. The minimum atomic E-state index is 0.658. The molecule has 13 heavy (non-hydrogen) atoms. The molecule has 0 bridgehead atoms. The van der Waals surface area contributed by atoms with Gasteiger partial charge in [0.15, 0.2) is 0 Å². The van der Waals surface area contributed by atoms with E-state index in [-0.39, 0.29) is 0 Å². The standard InChI is InChI=1S/C10H14BrNO/c1-7-5-9(11)8(3-4-12)6-10(7)13-2/h5-6H,3-4,12H2,1-2H3. The summed E-state index contributed by atoms with van der Waals surface area (Å²) in [4.78, 5) is 0. The zero-order valence-electron chi connectivity index (χ0n) is 7.93. The van der Waals surface area contributed by atoms with Crippen molar-refractivity contribution in [2.24, 2.45) is 5.73 Å². The van der Waals surface area contributed by atoms with E-state index in [0.717, 1.165) is 22.2 Å². The van der Waals surface area contributed by atoms with Gasteiger partial charge in [-0.2, -0.15) is 0 Å². The molecule has 1 aromatic carbocycles. The Kier molecular flexibility index (Phi) is 3.75. The van der Waals surface area contributed by atoms with Crippen LogP contribution in [0.25, 0.3) is 0 Å². The highest BCUT2D eigenvalue weighted by molar-refractivity contribution is 9.10. The van der Waals surface area contributed by atoms with Gasteiger partial charge < -0.3 is 10.5 Å². The van der Waals surface area contributed by atoms with Crippen molar-refractivity contribution in [2.75, 3.05) is 13.7 Å². The van der Waals surface area contributed by atoms with E-state index in [2.05, 4.69) is 22.0 Å². The van der Waals surface area contributed by atoms with Gasteiger partial charge >= 0.3 is 0 Å². The molecule has 1 aromatic rings. The lowest BCUT2D eigenvalue weighted by Gasteiger charge is -2.09. The van der Waals surface area contributed by atoms with Crippen LogP contribution in [0.4, 0.5) is 0 Å². The number of benzene rings is 1. The highest BCUT2D eigenvalue weighted by atomic mass is 79.9. The molecule has 0 spiro atoms. The van der Waals surface area contributed by atoms with Crippen LogP contribution >= 0.6 is 15.9 Å². The fourth-order valence-electron chi connectivity index (χ4n) is 1.26. The summed E-state index contributed by atoms with van der Waals surface area (Å²) in [6.07, 6.45) is 0.872. The summed E-state index contributed by atoms with van der Waals surface area (Å²) < 4.78 is 6.33. The highest BCUT2D eigenvalue weighted by Crippen LogP contribution is 2.26. The summed E-state index contributed by atoms with van der Waals surface area (Å²) in [5.41, 5.74) is 7.83. The molecule has 0 amide bonds.